The van der Waals surface area contributed by atoms with Crippen molar-refractivity contribution in [2.75, 3.05) is 23.7 Å². The van der Waals surface area contributed by atoms with Crippen LogP contribution in [0.2, 0.25) is 0 Å². The van der Waals surface area contributed by atoms with Gasteiger partial charge in [-0.15, -0.1) is 0 Å². The molecule has 2 aromatic carbocycles. The maximum atomic E-state index is 13.2. The number of anilines is 2. The molecule has 16 nitrogen and oxygen atoms in total. The fourth-order valence-corrected chi connectivity index (χ4v) is 4.82. The number of carbonyl (C=O) groups is 5. The first-order valence-corrected chi connectivity index (χ1v) is 16.5. The molecule has 0 aliphatic rings. The van der Waals surface area contributed by atoms with E-state index in [2.05, 4.69) is 31.9 Å². The van der Waals surface area contributed by atoms with Crippen molar-refractivity contribution < 1.29 is 39.1 Å². The molecule has 0 spiro atoms. The standard InChI is InChI=1S/C35H49N7O9/c1-22(2)17-27(32(45)41-28(34(48)49)20-36-16-15-26(33(46)47)39-31(44)19-35(3,4)5)40-30(43)18-23-11-13-25(14-12-23)38-29(21-42(50)51)37-24-9-7-6-8-10-24/h6-14,21-22,26-28,36-38H,15-20H2,1-5H3,(H,39,44)(H,40,43)(H,41,45)(H,46,47)(H,48,49). The number of amides is 3. The molecule has 0 saturated heterocycles. The van der Waals surface area contributed by atoms with Crippen LogP contribution < -0.4 is 31.9 Å². The van der Waals surface area contributed by atoms with E-state index in [1.807, 2.05) is 40.7 Å². The Hall–Kier alpha value is -5.51. The summed E-state index contributed by atoms with van der Waals surface area (Å²) in [5.74, 6) is -4.04. The SMILES string of the molecule is CC(C)CC(NC(=O)Cc1ccc(NC(=C[N+](=O)[O-])Nc2ccccc2)cc1)C(=O)NC(CNCCC(NC(=O)CC(C)(C)C)C(=O)O)C(=O)O. The summed E-state index contributed by atoms with van der Waals surface area (Å²) in [4.78, 5) is 72.5. The van der Waals surface area contributed by atoms with Gasteiger partial charge in [-0.3, -0.25) is 24.5 Å². The van der Waals surface area contributed by atoms with E-state index in [1.165, 1.54) is 0 Å². The topological polar surface area (TPSA) is 241 Å². The van der Waals surface area contributed by atoms with E-state index in [-0.39, 0.29) is 55.9 Å². The Morgan fingerprint density at radius 2 is 1.37 bits per heavy atom. The van der Waals surface area contributed by atoms with Crippen LogP contribution in [-0.2, 0) is 30.4 Å². The molecule has 0 aromatic heterocycles. The summed E-state index contributed by atoms with van der Waals surface area (Å²) in [7, 11) is 0. The van der Waals surface area contributed by atoms with Crippen LogP contribution in [0.1, 0.15) is 59.4 Å². The normalized spacial score (nSPS) is 13.3. The second-order valence-electron chi connectivity index (χ2n) is 13.7. The van der Waals surface area contributed by atoms with E-state index in [4.69, 9.17) is 0 Å². The summed E-state index contributed by atoms with van der Waals surface area (Å²) in [6.07, 6.45) is 1.05. The molecule has 0 aliphatic carbocycles. The predicted octanol–water partition coefficient (Wildman–Crippen LogP) is 2.91. The third-order valence-corrected chi connectivity index (χ3v) is 7.14. The van der Waals surface area contributed by atoms with E-state index < -0.39 is 52.7 Å². The Kier molecular flexibility index (Phi) is 16.5. The van der Waals surface area contributed by atoms with Crippen LogP contribution in [-0.4, -0.2) is 76.0 Å². The number of nitrogens with one attached hydrogen (secondary N) is 6. The van der Waals surface area contributed by atoms with E-state index in [1.54, 1.807) is 48.5 Å². The highest BCUT2D eigenvalue weighted by Crippen LogP contribution is 2.18. The smallest absolute Gasteiger partial charge is 0.327 e. The van der Waals surface area contributed by atoms with Crippen molar-refractivity contribution in [3.05, 3.63) is 82.3 Å². The number of aliphatic carboxylic acids is 2. The number of rotatable bonds is 21. The number of para-hydroxylation sites is 1. The maximum absolute atomic E-state index is 13.2. The zero-order valence-electron chi connectivity index (χ0n) is 29.5. The van der Waals surface area contributed by atoms with Crippen LogP contribution in [0, 0.1) is 21.4 Å². The van der Waals surface area contributed by atoms with Gasteiger partial charge in [0.05, 0.1) is 11.3 Å². The second-order valence-corrected chi connectivity index (χ2v) is 13.7. The highest BCUT2D eigenvalue weighted by Gasteiger charge is 2.28. The number of carboxylic acids is 2. The van der Waals surface area contributed by atoms with Crippen LogP contribution >= 0.6 is 0 Å². The van der Waals surface area contributed by atoms with Gasteiger partial charge < -0.3 is 42.1 Å². The summed E-state index contributed by atoms with van der Waals surface area (Å²) in [5.41, 5.74) is 1.42. The average molecular weight is 712 g/mol. The van der Waals surface area contributed by atoms with Crippen molar-refractivity contribution in [3.63, 3.8) is 0 Å². The van der Waals surface area contributed by atoms with Gasteiger partial charge in [-0.2, -0.15) is 0 Å². The Bertz CT molecular complexity index is 1520. The minimum atomic E-state index is -1.38. The van der Waals surface area contributed by atoms with Crippen molar-refractivity contribution in [2.45, 2.75) is 78.4 Å². The van der Waals surface area contributed by atoms with Gasteiger partial charge in [0, 0.05) is 24.3 Å². The number of nitro groups is 1. The molecule has 16 heteroatoms. The van der Waals surface area contributed by atoms with Crippen molar-refractivity contribution in [2.24, 2.45) is 11.3 Å². The summed E-state index contributed by atoms with van der Waals surface area (Å²) in [5, 5.41) is 46.7. The van der Waals surface area contributed by atoms with Crippen molar-refractivity contribution in [1.29, 1.82) is 0 Å². The average Bonchev–Trinajstić information content (AvgIpc) is 3.01. The minimum Gasteiger partial charge on any atom is -0.480 e. The largest absolute Gasteiger partial charge is 0.480 e. The van der Waals surface area contributed by atoms with Crippen molar-refractivity contribution in [1.82, 2.24) is 21.3 Å². The molecule has 278 valence electrons. The third-order valence-electron chi connectivity index (χ3n) is 7.14. The van der Waals surface area contributed by atoms with Gasteiger partial charge in [0.2, 0.25) is 17.7 Å². The fraction of sp³-hybridized carbons (Fsp3) is 0.457. The van der Waals surface area contributed by atoms with E-state index >= 15 is 0 Å². The molecule has 0 bridgehead atoms. The van der Waals surface area contributed by atoms with Crippen LogP contribution in [0.25, 0.3) is 0 Å². The molecule has 3 unspecified atom stereocenters. The molecular formula is C35H49N7O9. The summed E-state index contributed by atoms with van der Waals surface area (Å²) < 4.78 is 0. The van der Waals surface area contributed by atoms with Gasteiger partial charge in [-0.25, -0.2) is 9.59 Å². The Labute approximate surface area is 297 Å². The lowest BCUT2D eigenvalue weighted by Crippen LogP contribution is -2.55. The van der Waals surface area contributed by atoms with Gasteiger partial charge in [0.1, 0.15) is 18.1 Å². The number of carboxylic acid groups (broad SMARTS) is 2. The molecule has 0 saturated carbocycles. The molecular weight excluding hydrogens is 662 g/mol. The quantitative estimate of drug-likeness (QED) is 0.0530. The maximum Gasteiger partial charge on any atom is 0.327 e. The lowest BCUT2D eigenvalue weighted by Gasteiger charge is -2.23. The van der Waals surface area contributed by atoms with Gasteiger partial charge in [0.15, 0.2) is 5.82 Å². The first-order chi connectivity index (χ1) is 23.9. The molecule has 0 heterocycles. The molecule has 0 aliphatic heterocycles. The van der Waals surface area contributed by atoms with E-state index in [0.717, 1.165) is 6.20 Å². The number of nitrogens with zero attached hydrogens (tertiary/aromatic N) is 1. The lowest BCUT2D eigenvalue weighted by atomic mass is 9.92. The highest BCUT2D eigenvalue weighted by molar-refractivity contribution is 5.91. The Morgan fingerprint density at radius 1 is 0.804 bits per heavy atom. The third kappa shape index (κ3) is 17.1. The zero-order valence-corrected chi connectivity index (χ0v) is 29.5. The van der Waals surface area contributed by atoms with Gasteiger partial charge in [-0.1, -0.05) is 65.0 Å². The van der Waals surface area contributed by atoms with Gasteiger partial charge >= 0.3 is 11.9 Å². The van der Waals surface area contributed by atoms with E-state index in [0.29, 0.717) is 16.9 Å². The molecule has 2 rings (SSSR count). The number of hydrogen-bond acceptors (Lipinski definition) is 10. The molecule has 3 atom stereocenters. The van der Waals surface area contributed by atoms with Crippen molar-refractivity contribution >= 4 is 41.0 Å². The van der Waals surface area contributed by atoms with Crippen molar-refractivity contribution in [3.8, 4) is 0 Å². The Morgan fingerprint density at radius 3 is 1.90 bits per heavy atom. The number of carbonyl (C=O) groups excluding carboxylic acids is 3. The van der Waals surface area contributed by atoms with E-state index in [9.17, 15) is 44.3 Å². The van der Waals surface area contributed by atoms with Gasteiger partial charge in [-0.05, 0) is 60.5 Å². The second kappa shape index (κ2) is 20.2. The molecule has 51 heavy (non-hydrogen) atoms. The molecule has 8 N–H and O–H groups in total. The first-order valence-electron chi connectivity index (χ1n) is 16.5. The summed E-state index contributed by atoms with van der Waals surface area (Å²) >= 11 is 0. The predicted molar refractivity (Wildman–Crippen MR) is 191 cm³/mol. The summed E-state index contributed by atoms with van der Waals surface area (Å²) in [6, 6.07) is 11.9. The fourth-order valence-electron chi connectivity index (χ4n) is 4.82. The van der Waals surface area contributed by atoms with Crippen LogP contribution in [0.5, 0.6) is 0 Å². The molecule has 0 radical (unpaired) electrons. The first kappa shape index (κ1) is 41.7. The lowest BCUT2D eigenvalue weighted by molar-refractivity contribution is -0.403. The van der Waals surface area contributed by atoms with Crippen LogP contribution in [0.15, 0.2) is 66.6 Å². The van der Waals surface area contributed by atoms with Gasteiger partial charge in [0.25, 0.3) is 6.20 Å². The number of benzene rings is 2. The monoisotopic (exact) mass is 711 g/mol. The molecule has 3 amide bonds. The zero-order chi connectivity index (χ0) is 38.1. The molecule has 0 fully saturated rings. The molecule has 2 aromatic rings. The minimum absolute atomic E-state index is 0.0180. The van der Waals surface area contributed by atoms with Crippen LogP contribution in [0.3, 0.4) is 0 Å². The number of hydrogen-bond donors (Lipinski definition) is 8. The summed E-state index contributed by atoms with van der Waals surface area (Å²) in [6.45, 7) is 9.07. The Balaban J connectivity index is 1.97. The van der Waals surface area contributed by atoms with Crippen LogP contribution in [0.4, 0.5) is 11.4 Å². The highest BCUT2D eigenvalue weighted by atomic mass is 16.6.